The van der Waals surface area contributed by atoms with Crippen LogP contribution in [-0.4, -0.2) is 35.2 Å². The van der Waals surface area contributed by atoms with Crippen LogP contribution in [0, 0.1) is 22.7 Å². The highest BCUT2D eigenvalue weighted by atomic mass is 16.6. The molecule has 0 N–H and O–H groups in total. The zero-order valence-electron chi connectivity index (χ0n) is 21.2. The standard InChI is InChI=1S/C26H42O6/c1-10-24(7,31-18(3)28)15-12-21-25(8)14-11-13-23(5,6)22(25)20(30-17(2)27)16-26(21,9)32-19(4)29/h10,20-22H,1,11-16H2,2-9H3/t20-,21+,22-,24+,25+,26+/m0/s1. The van der Waals surface area contributed by atoms with Gasteiger partial charge in [-0.15, -0.1) is 0 Å². The molecule has 0 aromatic rings. The molecule has 2 saturated carbocycles. The second kappa shape index (κ2) is 9.18. The number of esters is 3. The number of hydrogen-bond donors (Lipinski definition) is 0. The topological polar surface area (TPSA) is 78.9 Å². The maximum absolute atomic E-state index is 12.2. The van der Waals surface area contributed by atoms with Gasteiger partial charge < -0.3 is 14.2 Å². The fourth-order valence-corrected chi connectivity index (χ4v) is 7.16. The molecule has 0 heterocycles. The van der Waals surface area contributed by atoms with Crippen LogP contribution < -0.4 is 0 Å². The Hall–Kier alpha value is -1.85. The van der Waals surface area contributed by atoms with Crippen molar-refractivity contribution in [3.8, 4) is 0 Å². The van der Waals surface area contributed by atoms with Crippen LogP contribution in [0.15, 0.2) is 12.7 Å². The third-order valence-electron chi connectivity index (χ3n) is 8.03. The lowest BCUT2D eigenvalue weighted by atomic mass is 9.44. The van der Waals surface area contributed by atoms with Gasteiger partial charge >= 0.3 is 17.9 Å². The van der Waals surface area contributed by atoms with Gasteiger partial charge in [0.25, 0.3) is 0 Å². The molecule has 0 bridgehead atoms. The van der Waals surface area contributed by atoms with Crippen molar-refractivity contribution in [1.29, 1.82) is 0 Å². The van der Waals surface area contributed by atoms with Crippen LogP contribution in [0.25, 0.3) is 0 Å². The normalized spacial score (nSPS) is 35.6. The molecule has 6 nitrogen and oxygen atoms in total. The zero-order chi connectivity index (χ0) is 24.5. The summed E-state index contributed by atoms with van der Waals surface area (Å²) in [7, 11) is 0. The summed E-state index contributed by atoms with van der Waals surface area (Å²) in [5.41, 5.74) is -1.85. The Kier molecular flexibility index (Phi) is 7.58. The lowest BCUT2D eigenvalue weighted by Crippen LogP contribution is -2.64. The van der Waals surface area contributed by atoms with Crippen LogP contribution in [0.1, 0.15) is 93.9 Å². The van der Waals surface area contributed by atoms with Crippen molar-refractivity contribution in [3.63, 3.8) is 0 Å². The van der Waals surface area contributed by atoms with E-state index in [1.165, 1.54) is 20.8 Å². The smallest absolute Gasteiger partial charge is 0.303 e. The van der Waals surface area contributed by atoms with E-state index in [0.717, 1.165) is 19.3 Å². The monoisotopic (exact) mass is 450 g/mol. The minimum Gasteiger partial charge on any atom is -0.462 e. The first-order valence-electron chi connectivity index (χ1n) is 11.8. The van der Waals surface area contributed by atoms with Gasteiger partial charge in [0.05, 0.1) is 0 Å². The molecule has 0 unspecified atom stereocenters. The van der Waals surface area contributed by atoms with Gasteiger partial charge in [-0.05, 0) is 56.4 Å². The fourth-order valence-electron chi connectivity index (χ4n) is 7.16. The van der Waals surface area contributed by atoms with Crippen molar-refractivity contribution in [1.82, 2.24) is 0 Å². The van der Waals surface area contributed by atoms with Crippen LogP contribution >= 0.6 is 0 Å². The van der Waals surface area contributed by atoms with E-state index < -0.39 is 11.2 Å². The molecular weight excluding hydrogens is 408 g/mol. The fraction of sp³-hybridized carbons (Fsp3) is 0.808. The van der Waals surface area contributed by atoms with Gasteiger partial charge in [-0.2, -0.15) is 0 Å². The summed E-state index contributed by atoms with van der Waals surface area (Å²) >= 11 is 0. The highest BCUT2D eigenvalue weighted by Gasteiger charge is 2.64. The van der Waals surface area contributed by atoms with Crippen molar-refractivity contribution in [3.05, 3.63) is 12.7 Å². The van der Waals surface area contributed by atoms with Gasteiger partial charge in [-0.3, -0.25) is 14.4 Å². The van der Waals surface area contributed by atoms with E-state index in [4.69, 9.17) is 14.2 Å². The first kappa shape index (κ1) is 26.4. The number of carbonyl (C=O) groups excluding carboxylic acids is 3. The van der Waals surface area contributed by atoms with Crippen molar-refractivity contribution in [2.75, 3.05) is 0 Å². The van der Waals surface area contributed by atoms with E-state index in [2.05, 4.69) is 27.4 Å². The Morgan fingerprint density at radius 2 is 1.66 bits per heavy atom. The van der Waals surface area contributed by atoms with E-state index >= 15 is 0 Å². The molecule has 0 radical (unpaired) electrons. The quantitative estimate of drug-likeness (QED) is 0.294. The van der Waals surface area contributed by atoms with Gasteiger partial charge in [0.15, 0.2) is 0 Å². The minimum atomic E-state index is -0.803. The van der Waals surface area contributed by atoms with Crippen molar-refractivity contribution in [2.45, 2.75) is 111 Å². The average Bonchev–Trinajstić information content (AvgIpc) is 2.57. The first-order chi connectivity index (χ1) is 14.6. The second-order valence-electron chi connectivity index (χ2n) is 11.3. The molecular formula is C26H42O6. The van der Waals surface area contributed by atoms with Gasteiger partial charge in [-0.1, -0.05) is 33.8 Å². The van der Waals surface area contributed by atoms with E-state index in [9.17, 15) is 14.4 Å². The van der Waals surface area contributed by atoms with Gasteiger partial charge in [0, 0.05) is 39.0 Å². The molecule has 32 heavy (non-hydrogen) atoms. The Labute approximate surface area is 193 Å². The summed E-state index contributed by atoms with van der Waals surface area (Å²) in [4.78, 5) is 35.9. The number of hydrogen-bond acceptors (Lipinski definition) is 6. The highest BCUT2D eigenvalue weighted by molar-refractivity contribution is 5.67. The van der Waals surface area contributed by atoms with Crippen molar-refractivity contribution in [2.24, 2.45) is 22.7 Å². The zero-order valence-corrected chi connectivity index (χ0v) is 21.2. The van der Waals surface area contributed by atoms with Gasteiger partial charge in [0.2, 0.25) is 0 Å². The van der Waals surface area contributed by atoms with Crippen LogP contribution in [0.2, 0.25) is 0 Å². The molecule has 2 rings (SSSR count). The summed E-state index contributed by atoms with van der Waals surface area (Å²) in [5, 5.41) is 0. The summed E-state index contributed by atoms with van der Waals surface area (Å²) < 4.78 is 17.5. The van der Waals surface area contributed by atoms with E-state index in [-0.39, 0.29) is 46.7 Å². The highest BCUT2D eigenvalue weighted by Crippen LogP contribution is 2.64. The molecule has 2 aliphatic carbocycles. The predicted octanol–water partition coefficient (Wildman–Crippen LogP) is 5.38. The van der Waals surface area contributed by atoms with Crippen LogP contribution in [-0.2, 0) is 28.6 Å². The molecule has 2 fully saturated rings. The molecule has 182 valence electrons. The maximum atomic E-state index is 12.2. The van der Waals surface area contributed by atoms with Crippen LogP contribution in [0.5, 0.6) is 0 Å². The van der Waals surface area contributed by atoms with Gasteiger partial charge in [0.1, 0.15) is 17.3 Å². The Morgan fingerprint density at radius 3 is 2.16 bits per heavy atom. The predicted molar refractivity (Wildman–Crippen MR) is 123 cm³/mol. The van der Waals surface area contributed by atoms with Crippen molar-refractivity contribution >= 4 is 17.9 Å². The number of rotatable bonds is 7. The SMILES string of the molecule is C=C[C@](C)(CC[C@@H]1[C@@]2(C)CCCC(C)(C)[C@@H]2[C@@H](OC(C)=O)C[C@@]1(C)OC(C)=O)OC(C)=O. The second-order valence-corrected chi connectivity index (χ2v) is 11.3. The van der Waals surface area contributed by atoms with Crippen LogP contribution in [0.3, 0.4) is 0 Å². The Morgan fingerprint density at radius 1 is 1.03 bits per heavy atom. The average molecular weight is 451 g/mol. The molecule has 0 saturated heterocycles. The Bertz CT molecular complexity index is 757. The third kappa shape index (κ3) is 5.37. The summed E-state index contributed by atoms with van der Waals surface area (Å²) in [6, 6.07) is 0. The molecule has 0 aromatic heterocycles. The largest absolute Gasteiger partial charge is 0.462 e. The molecule has 6 atom stereocenters. The number of carbonyl (C=O) groups is 3. The van der Waals surface area contributed by atoms with E-state index in [1.807, 2.05) is 13.8 Å². The minimum absolute atomic E-state index is 0.00474. The van der Waals surface area contributed by atoms with Crippen molar-refractivity contribution < 1.29 is 28.6 Å². The molecule has 2 aliphatic rings. The summed E-state index contributed by atoms with van der Waals surface area (Å²) in [6.07, 6.45) is 6.13. The lowest BCUT2D eigenvalue weighted by Gasteiger charge is -2.63. The molecule has 0 amide bonds. The maximum Gasteiger partial charge on any atom is 0.303 e. The summed E-state index contributed by atoms with van der Waals surface area (Å²) in [6.45, 7) is 18.7. The number of fused-ring (bicyclic) bond motifs is 1. The lowest BCUT2D eigenvalue weighted by molar-refractivity contribution is -0.235. The van der Waals surface area contributed by atoms with Crippen LogP contribution in [0.4, 0.5) is 0 Å². The van der Waals surface area contributed by atoms with E-state index in [1.54, 1.807) is 6.08 Å². The molecule has 0 aromatic carbocycles. The van der Waals surface area contributed by atoms with Gasteiger partial charge in [-0.25, -0.2) is 0 Å². The molecule has 0 spiro atoms. The summed E-state index contributed by atoms with van der Waals surface area (Å²) in [5.74, 6) is -0.870. The molecule has 0 aliphatic heterocycles. The van der Waals surface area contributed by atoms with E-state index in [0.29, 0.717) is 19.3 Å². The Balaban J connectivity index is 2.53. The third-order valence-corrected chi connectivity index (χ3v) is 8.03. The first-order valence-corrected chi connectivity index (χ1v) is 11.8. The molecule has 6 heteroatoms. The number of ether oxygens (including phenoxy) is 3.